The van der Waals surface area contributed by atoms with Crippen LogP contribution in [0.15, 0.2) is 18.7 Å². The van der Waals surface area contributed by atoms with E-state index in [0.717, 1.165) is 48.6 Å². The smallest absolute Gasteiger partial charge is 0.426 e. The van der Waals surface area contributed by atoms with Crippen LogP contribution in [0.2, 0.25) is 5.28 Å². The molecule has 8 rings (SSSR count). The molecule has 6 aliphatic rings. The zero-order valence-corrected chi connectivity index (χ0v) is 38.5. The van der Waals surface area contributed by atoms with Crippen molar-refractivity contribution in [2.45, 2.75) is 125 Å². The van der Waals surface area contributed by atoms with Gasteiger partial charge in [0.25, 0.3) is 24.0 Å². The highest BCUT2D eigenvalue weighted by Gasteiger charge is 2.62. The summed E-state index contributed by atoms with van der Waals surface area (Å²) in [6.45, 7) is 3.27. The number of hydrogen-bond acceptors (Lipinski definition) is 12. The fourth-order valence-corrected chi connectivity index (χ4v) is 10.5. The van der Waals surface area contributed by atoms with Gasteiger partial charge in [-0.05, 0) is 88.7 Å². The molecule has 394 valence electrons. The lowest BCUT2D eigenvalue weighted by Crippen LogP contribution is -2.56. The number of aromatic nitrogens is 4. The van der Waals surface area contributed by atoms with Crippen LogP contribution in [0.5, 0.6) is 0 Å². The van der Waals surface area contributed by atoms with Crippen LogP contribution < -0.4 is 9.80 Å². The van der Waals surface area contributed by atoms with Gasteiger partial charge < -0.3 is 38.9 Å². The Hall–Kier alpha value is -5.31. The van der Waals surface area contributed by atoms with Crippen molar-refractivity contribution in [3.63, 3.8) is 0 Å². The van der Waals surface area contributed by atoms with Crippen molar-refractivity contribution in [2.75, 3.05) is 75.2 Å². The van der Waals surface area contributed by atoms with Gasteiger partial charge in [0, 0.05) is 88.9 Å². The topological polar surface area (TPSA) is 158 Å². The zero-order chi connectivity index (χ0) is 51.7. The number of nitrogens with zero attached hydrogens (tertiary/aromatic N) is 10. The van der Waals surface area contributed by atoms with E-state index in [9.17, 15) is 71.9 Å². The minimum atomic E-state index is -5.78. The molecule has 16 nitrogen and oxygen atoms in total. The van der Waals surface area contributed by atoms with Gasteiger partial charge in [-0.25, -0.2) is 24.5 Å². The molecule has 2 spiro atoms. The largest absolute Gasteiger partial charge is 0.434 e. The number of likely N-dealkylation sites (tertiary alicyclic amines) is 4. The van der Waals surface area contributed by atoms with Crippen LogP contribution in [0, 0.1) is 0 Å². The van der Waals surface area contributed by atoms with Crippen LogP contribution in [0.25, 0.3) is 0 Å². The number of piperidine rings is 2. The lowest BCUT2D eigenvalue weighted by molar-refractivity contribution is -0.309. The molecule has 8 heterocycles. The average Bonchev–Trinajstić information content (AvgIpc) is 4.16. The predicted molar refractivity (Wildman–Crippen MR) is 224 cm³/mol. The lowest BCUT2D eigenvalue weighted by atomic mass is 9.84. The van der Waals surface area contributed by atoms with E-state index in [4.69, 9.17) is 11.6 Å². The third-order valence-corrected chi connectivity index (χ3v) is 14.1. The number of anilines is 2. The molecule has 6 fully saturated rings. The fourth-order valence-electron chi connectivity index (χ4n) is 10.4. The molecule has 0 radical (unpaired) electrons. The maximum Gasteiger partial charge on any atom is 0.434 e. The summed E-state index contributed by atoms with van der Waals surface area (Å²) in [6, 6.07) is 0. The summed E-state index contributed by atoms with van der Waals surface area (Å²) in [5.74, 6) is 0.397. The van der Waals surface area contributed by atoms with Gasteiger partial charge >= 0.3 is 36.9 Å². The number of carbonyl (C=O) groups excluding carboxylic acids is 4. The van der Waals surface area contributed by atoms with E-state index in [0.29, 0.717) is 69.1 Å². The number of ether oxygens (including phenoxy) is 2. The minimum Gasteiger partial charge on any atom is -0.426 e. The SMILES string of the molecule is O=C(OC(C(F)(F)F)C(F)(F)F)N1CCC2(CCCN2C(=O)c2cnc(Cl)nc2N2CCCC2)CC1.O=C(OC(C(F)(F)F)C(F)(F)F)N1CCC2(CCCN2C(=O)c2cncnc2N2CCCC2)CC1. The quantitative estimate of drug-likeness (QED) is 0.202. The number of carbonyl (C=O) groups is 4. The van der Waals surface area contributed by atoms with Gasteiger partial charge in [0.05, 0.1) is 0 Å². The Morgan fingerprint density at radius 1 is 0.507 bits per heavy atom. The molecule has 0 bridgehead atoms. The average molecular weight is 1050 g/mol. The highest BCUT2D eigenvalue weighted by atomic mass is 35.5. The van der Waals surface area contributed by atoms with Gasteiger partial charge in [0.1, 0.15) is 29.1 Å². The Kier molecular flexibility index (Phi) is 15.6. The molecule has 0 saturated carbocycles. The normalized spacial score (nSPS) is 20.6. The Labute approximate surface area is 402 Å². The van der Waals surface area contributed by atoms with Crippen LogP contribution >= 0.6 is 11.6 Å². The lowest BCUT2D eigenvalue weighted by Gasteiger charge is -2.45. The van der Waals surface area contributed by atoms with Gasteiger partial charge in [-0.3, -0.25) is 9.59 Å². The second-order valence-corrected chi connectivity index (χ2v) is 18.6. The van der Waals surface area contributed by atoms with E-state index in [2.05, 4.69) is 29.4 Å². The molecule has 29 heteroatoms. The molecule has 0 aliphatic carbocycles. The third kappa shape index (κ3) is 11.8. The molecule has 6 aliphatic heterocycles. The summed E-state index contributed by atoms with van der Waals surface area (Å²) < 4.78 is 161. The molecule has 2 aromatic heterocycles. The van der Waals surface area contributed by atoms with Crippen molar-refractivity contribution < 1.29 is 81.3 Å². The van der Waals surface area contributed by atoms with E-state index in [-0.39, 0.29) is 74.5 Å². The first-order chi connectivity index (χ1) is 33.2. The van der Waals surface area contributed by atoms with Crippen molar-refractivity contribution in [3.8, 4) is 0 Å². The molecular formula is C42H49ClF12N10O6. The maximum atomic E-state index is 13.6. The van der Waals surface area contributed by atoms with Crippen molar-refractivity contribution in [1.82, 2.24) is 39.5 Å². The van der Waals surface area contributed by atoms with Gasteiger partial charge in [0.2, 0.25) is 5.28 Å². The monoisotopic (exact) mass is 1050 g/mol. The third-order valence-electron chi connectivity index (χ3n) is 13.9. The van der Waals surface area contributed by atoms with Crippen LogP contribution in [-0.4, -0.2) is 177 Å². The maximum absolute atomic E-state index is 13.6. The molecule has 71 heavy (non-hydrogen) atoms. The summed E-state index contributed by atoms with van der Waals surface area (Å²) in [5.41, 5.74) is -0.707. The Morgan fingerprint density at radius 3 is 1.28 bits per heavy atom. The van der Waals surface area contributed by atoms with Crippen molar-refractivity contribution in [2.24, 2.45) is 0 Å². The van der Waals surface area contributed by atoms with Crippen LogP contribution in [-0.2, 0) is 9.47 Å². The summed E-state index contributed by atoms with van der Waals surface area (Å²) in [7, 11) is 0. The number of hydrogen-bond donors (Lipinski definition) is 0. The molecular weight excluding hydrogens is 1000 g/mol. The van der Waals surface area contributed by atoms with Crippen LogP contribution in [0.1, 0.15) is 97.8 Å². The molecule has 0 aromatic carbocycles. The van der Waals surface area contributed by atoms with Gasteiger partial charge in [-0.2, -0.15) is 57.7 Å². The number of halogens is 13. The second kappa shape index (κ2) is 20.7. The van der Waals surface area contributed by atoms with E-state index in [1.807, 2.05) is 9.80 Å². The fraction of sp³-hybridized carbons (Fsp3) is 0.714. The van der Waals surface area contributed by atoms with Crippen LogP contribution in [0.3, 0.4) is 0 Å². The standard InChI is InChI=1S/C21H24ClF6N5O3.C21H25F6N5O3/c22-17-29-12-13(14(30-17)31-7-1-2-8-31)15(34)33-9-3-4-19(33)5-10-32(11-6-19)18(35)36-16(20(23,24)25)21(26,27)28;22-20(23,24)17(21(25,26)27)35-18(34)31-10-5-19(6-11-31)4-3-9-32(19)16(33)14-12-28-13-29-15(14)30-7-1-2-8-30/h12,16H,1-11H2;12-13,17H,1-11H2. The zero-order valence-electron chi connectivity index (χ0n) is 37.8. The van der Waals surface area contributed by atoms with Gasteiger partial charge in [0.15, 0.2) is 0 Å². The van der Waals surface area contributed by atoms with Gasteiger partial charge in [-0.1, -0.05) is 0 Å². The summed E-state index contributed by atoms with van der Waals surface area (Å²) in [5, 5.41) is 0.00687. The second-order valence-electron chi connectivity index (χ2n) is 18.3. The summed E-state index contributed by atoms with van der Waals surface area (Å²) >= 11 is 5.98. The van der Waals surface area contributed by atoms with Crippen molar-refractivity contribution in [3.05, 3.63) is 35.1 Å². The van der Waals surface area contributed by atoms with Crippen molar-refractivity contribution >= 4 is 47.2 Å². The number of rotatable bonds is 6. The molecule has 0 unspecified atom stereocenters. The summed E-state index contributed by atoms with van der Waals surface area (Å²) in [4.78, 5) is 77.0. The van der Waals surface area contributed by atoms with Gasteiger partial charge in [-0.15, -0.1) is 0 Å². The molecule has 0 N–H and O–H groups in total. The first-order valence-electron chi connectivity index (χ1n) is 22.9. The predicted octanol–water partition coefficient (Wildman–Crippen LogP) is 8.21. The Balaban J connectivity index is 0.000000209. The molecule has 4 amide bonds. The van der Waals surface area contributed by atoms with E-state index >= 15 is 0 Å². The van der Waals surface area contributed by atoms with E-state index in [1.54, 1.807) is 9.80 Å². The van der Waals surface area contributed by atoms with Crippen LogP contribution in [0.4, 0.5) is 73.9 Å². The molecule has 2 aromatic rings. The highest BCUT2D eigenvalue weighted by molar-refractivity contribution is 6.28. The first-order valence-corrected chi connectivity index (χ1v) is 23.3. The Morgan fingerprint density at radius 2 is 0.887 bits per heavy atom. The molecule has 0 atom stereocenters. The number of amides is 4. The highest BCUT2D eigenvalue weighted by Crippen LogP contribution is 2.44. The Bertz CT molecular complexity index is 2220. The first kappa shape index (κ1) is 53.5. The number of alkyl halides is 12. The minimum absolute atomic E-state index is 0.00687. The van der Waals surface area contributed by atoms with Crippen molar-refractivity contribution in [1.29, 1.82) is 0 Å². The molecule has 6 saturated heterocycles. The van der Waals surface area contributed by atoms with E-state index in [1.165, 1.54) is 18.7 Å². The van der Waals surface area contributed by atoms with E-state index < -0.39 is 60.2 Å². The summed E-state index contributed by atoms with van der Waals surface area (Å²) in [6.07, 6.45) is -23.5.